The van der Waals surface area contributed by atoms with Crippen LogP contribution in [0.1, 0.15) is 25.8 Å². The summed E-state index contributed by atoms with van der Waals surface area (Å²) in [6, 6.07) is 4.72. The van der Waals surface area contributed by atoms with Crippen LogP contribution in [0.15, 0.2) is 33.8 Å². The molecule has 0 radical (unpaired) electrons. The van der Waals surface area contributed by atoms with E-state index in [2.05, 4.69) is 10.5 Å². The summed E-state index contributed by atoms with van der Waals surface area (Å²) < 4.78 is 28.8. The summed E-state index contributed by atoms with van der Waals surface area (Å²) in [5.41, 5.74) is 4.75. The molecule has 0 saturated carbocycles. The summed E-state index contributed by atoms with van der Waals surface area (Å²) >= 11 is 0. The number of rotatable bonds is 4. The number of nitrogens with one attached hydrogen (secondary N) is 1. The van der Waals surface area contributed by atoms with E-state index in [1.807, 2.05) is 19.9 Å². The second kappa shape index (κ2) is 6.54. The number of ether oxygens (including phenoxy) is 1. The van der Waals surface area contributed by atoms with E-state index in [1.165, 1.54) is 13.2 Å². The molecule has 23 heavy (non-hydrogen) atoms. The Morgan fingerprint density at radius 3 is 2.70 bits per heavy atom. The molecule has 2 rings (SSSR count). The summed E-state index contributed by atoms with van der Waals surface area (Å²) in [6.07, 6.45) is 3.36. The number of carbonyl (C=O) groups is 1. The highest BCUT2D eigenvalue weighted by Gasteiger charge is 2.21. The third-order valence-corrected chi connectivity index (χ3v) is 4.78. The molecule has 0 spiro atoms. The van der Waals surface area contributed by atoms with Gasteiger partial charge in [0, 0.05) is 24.2 Å². The Bertz CT molecular complexity index is 794. The molecule has 1 aliphatic rings. The lowest BCUT2D eigenvalue weighted by atomic mass is 9.93. The molecule has 1 amide bonds. The van der Waals surface area contributed by atoms with Crippen molar-refractivity contribution in [3.63, 3.8) is 0 Å². The van der Waals surface area contributed by atoms with Crippen LogP contribution in [0.25, 0.3) is 6.08 Å². The van der Waals surface area contributed by atoms with Gasteiger partial charge >= 0.3 is 0 Å². The number of amides is 1. The van der Waals surface area contributed by atoms with E-state index in [9.17, 15) is 13.2 Å². The van der Waals surface area contributed by atoms with Crippen molar-refractivity contribution in [2.24, 2.45) is 11.0 Å². The third kappa shape index (κ3) is 3.98. The van der Waals surface area contributed by atoms with Crippen LogP contribution in [-0.4, -0.2) is 33.4 Å². The third-order valence-electron chi connectivity index (χ3n) is 3.66. The lowest BCUT2D eigenvalue weighted by molar-refractivity contribution is -0.121. The van der Waals surface area contributed by atoms with Crippen molar-refractivity contribution in [2.45, 2.75) is 25.2 Å². The molecule has 0 fully saturated rings. The molecular weight excluding hydrogens is 316 g/mol. The van der Waals surface area contributed by atoms with E-state index in [4.69, 9.17) is 4.74 Å². The molecule has 0 aromatic heterocycles. The van der Waals surface area contributed by atoms with Gasteiger partial charge in [0.15, 0.2) is 9.84 Å². The van der Waals surface area contributed by atoms with Gasteiger partial charge in [0.2, 0.25) is 5.91 Å². The topological polar surface area (TPSA) is 84.8 Å². The summed E-state index contributed by atoms with van der Waals surface area (Å²) in [6.45, 7) is 3.80. The molecule has 1 aliphatic heterocycles. The molecule has 0 aliphatic carbocycles. The SMILES string of the molecule is COc1ccc(S(C)(=O)=O)cc1C=C(C)C1=NNC(=O)CC1C. The van der Waals surface area contributed by atoms with Gasteiger partial charge in [0.05, 0.1) is 17.7 Å². The molecule has 1 atom stereocenters. The summed E-state index contributed by atoms with van der Waals surface area (Å²) in [7, 11) is -1.77. The second-order valence-corrected chi connectivity index (χ2v) is 7.66. The van der Waals surface area contributed by atoms with Crippen LogP contribution in [0.3, 0.4) is 0 Å². The molecular formula is C16H20N2O4S. The number of allylic oxidation sites excluding steroid dienone is 1. The minimum absolute atomic E-state index is 0.00378. The molecule has 0 bridgehead atoms. The van der Waals surface area contributed by atoms with Gasteiger partial charge in [-0.05, 0) is 36.8 Å². The first-order valence-electron chi connectivity index (χ1n) is 7.15. The van der Waals surface area contributed by atoms with Crippen molar-refractivity contribution in [2.75, 3.05) is 13.4 Å². The summed E-state index contributed by atoms with van der Waals surface area (Å²) in [4.78, 5) is 11.6. The van der Waals surface area contributed by atoms with Crippen LogP contribution < -0.4 is 10.2 Å². The molecule has 6 nitrogen and oxygen atoms in total. The van der Waals surface area contributed by atoms with Gasteiger partial charge in [-0.15, -0.1) is 0 Å². The number of benzene rings is 1. The van der Waals surface area contributed by atoms with Gasteiger partial charge in [0.25, 0.3) is 0 Å². The summed E-state index contributed by atoms with van der Waals surface area (Å²) in [5.74, 6) is 0.472. The van der Waals surface area contributed by atoms with E-state index in [0.29, 0.717) is 17.7 Å². The van der Waals surface area contributed by atoms with Crippen LogP contribution in [0, 0.1) is 5.92 Å². The monoisotopic (exact) mass is 336 g/mol. The Morgan fingerprint density at radius 2 is 2.13 bits per heavy atom. The quantitative estimate of drug-likeness (QED) is 0.911. The Balaban J connectivity index is 2.46. The highest BCUT2D eigenvalue weighted by Crippen LogP contribution is 2.26. The van der Waals surface area contributed by atoms with Crippen LogP contribution in [0.4, 0.5) is 0 Å². The Labute approximate surface area is 136 Å². The van der Waals surface area contributed by atoms with E-state index < -0.39 is 9.84 Å². The molecule has 1 heterocycles. The van der Waals surface area contributed by atoms with Crippen molar-refractivity contribution in [3.8, 4) is 5.75 Å². The Kier molecular flexibility index (Phi) is 4.89. The van der Waals surface area contributed by atoms with E-state index >= 15 is 0 Å². The average molecular weight is 336 g/mol. The van der Waals surface area contributed by atoms with Crippen LogP contribution >= 0.6 is 0 Å². The number of hydrogen-bond donors (Lipinski definition) is 1. The predicted octanol–water partition coefficient (Wildman–Crippen LogP) is 2.01. The first-order valence-corrected chi connectivity index (χ1v) is 9.04. The Morgan fingerprint density at radius 1 is 1.43 bits per heavy atom. The van der Waals surface area contributed by atoms with Gasteiger partial charge < -0.3 is 4.74 Å². The zero-order valence-electron chi connectivity index (χ0n) is 13.6. The smallest absolute Gasteiger partial charge is 0.240 e. The maximum atomic E-state index is 11.7. The second-order valence-electron chi connectivity index (χ2n) is 5.64. The van der Waals surface area contributed by atoms with E-state index in [1.54, 1.807) is 12.1 Å². The average Bonchev–Trinajstić information content (AvgIpc) is 2.46. The highest BCUT2D eigenvalue weighted by atomic mass is 32.2. The van der Waals surface area contributed by atoms with Crippen LogP contribution in [0.2, 0.25) is 0 Å². The molecule has 1 aromatic rings. The minimum atomic E-state index is -3.30. The van der Waals surface area contributed by atoms with Crippen molar-refractivity contribution < 1.29 is 17.9 Å². The minimum Gasteiger partial charge on any atom is -0.496 e. The number of nitrogens with zero attached hydrogens (tertiary/aromatic N) is 1. The Hall–Kier alpha value is -2.15. The van der Waals surface area contributed by atoms with Crippen molar-refractivity contribution in [1.82, 2.24) is 5.43 Å². The number of sulfone groups is 1. The lowest BCUT2D eigenvalue weighted by Crippen LogP contribution is -2.31. The maximum Gasteiger partial charge on any atom is 0.240 e. The van der Waals surface area contributed by atoms with Crippen molar-refractivity contribution >= 4 is 27.5 Å². The zero-order valence-corrected chi connectivity index (χ0v) is 14.4. The fraction of sp³-hybridized carbons (Fsp3) is 0.375. The van der Waals surface area contributed by atoms with Gasteiger partial charge in [-0.1, -0.05) is 6.92 Å². The predicted molar refractivity (Wildman–Crippen MR) is 89.1 cm³/mol. The van der Waals surface area contributed by atoms with Crippen LogP contribution in [-0.2, 0) is 14.6 Å². The van der Waals surface area contributed by atoms with Gasteiger partial charge in [-0.3, -0.25) is 4.79 Å². The van der Waals surface area contributed by atoms with Gasteiger partial charge in [0.1, 0.15) is 5.75 Å². The van der Waals surface area contributed by atoms with Crippen molar-refractivity contribution in [3.05, 3.63) is 29.3 Å². The molecule has 0 saturated heterocycles. The number of hydrogen-bond acceptors (Lipinski definition) is 5. The highest BCUT2D eigenvalue weighted by molar-refractivity contribution is 7.90. The van der Waals surface area contributed by atoms with Gasteiger partial charge in [-0.25, -0.2) is 13.8 Å². The molecule has 124 valence electrons. The lowest BCUT2D eigenvalue weighted by Gasteiger charge is -2.19. The zero-order chi connectivity index (χ0) is 17.2. The standard InChI is InChI=1S/C16H20N2O4S/c1-10(16-11(2)8-15(19)17-18-16)7-12-9-13(23(4,20)21)5-6-14(12)22-3/h5-7,9,11H,8H2,1-4H3,(H,17,19). The molecule has 1 aromatic carbocycles. The van der Waals surface area contributed by atoms with Crippen molar-refractivity contribution in [1.29, 1.82) is 0 Å². The first-order chi connectivity index (χ1) is 10.7. The molecule has 1 N–H and O–H groups in total. The largest absolute Gasteiger partial charge is 0.496 e. The van der Waals surface area contributed by atoms with E-state index in [-0.39, 0.29) is 16.7 Å². The van der Waals surface area contributed by atoms with Gasteiger partial charge in [-0.2, -0.15) is 5.10 Å². The summed E-state index contributed by atoms with van der Waals surface area (Å²) in [5, 5.41) is 4.10. The fourth-order valence-electron chi connectivity index (χ4n) is 2.49. The maximum absolute atomic E-state index is 11.7. The first kappa shape index (κ1) is 17.2. The number of carbonyl (C=O) groups excluding carboxylic acids is 1. The van der Waals surface area contributed by atoms with E-state index in [0.717, 1.165) is 17.5 Å². The normalized spacial score (nSPS) is 19.1. The number of hydrazone groups is 1. The number of methoxy groups -OCH3 is 1. The van der Waals surface area contributed by atoms with Crippen LogP contribution in [0.5, 0.6) is 5.75 Å². The molecule has 1 unspecified atom stereocenters. The fourth-order valence-corrected chi connectivity index (χ4v) is 3.15. The molecule has 7 heteroatoms.